The molecule has 1 saturated carbocycles. The summed E-state index contributed by atoms with van der Waals surface area (Å²) in [4.78, 5) is 12.0. The van der Waals surface area contributed by atoms with Gasteiger partial charge in [0, 0.05) is 16.6 Å². The van der Waals surface area contributed by atoms with Crippen LogP contribution in [0.5, 0.6) is 0 Å². The number of carbonyl (C=O) groups is 1. The highest BCUT2D eigenvalue weighted by atomic mass is 79.9. The van der Waals surface area contributed by atoms with Crippen molar-refractivity contribution >= 4 is 21.8 Å². The van der Waals surface area contributed by atoms with Gasteiger partial charge in [0.05, 0.1) is 0 Å². The Morgan fingerprint density at radius 3 is 2.44 bits per heavy atom. The van der Waals surface area contributed by atoms with Crippen molar-refractivity contribution in [2.24, 2.45) is 5.41 Å². The molecule has 1 aromatic rings. The normalized spacial score (nSPS) is 18.3. The lowest BCUT2D eigenvalue weighted by Crippen LogP contribution is -2.36. The average molecular weight is 310 g/mol. The minimum absolute atomic E-state index is 0.0364. The molecule has 18 heavy (non-hydrogen) atoms. The van der Waals surface area contributed by atoms with Crippen LogP contribution in [0.1, 0.15) is 49.4 Å². The first-order valence-electron chi connectivity index (χ1n) is 6.63. The van der Waals surface area contributed by atoms with Gasteiger partial charge in [-0.15, -0.1) is 0 Å². The molecule has 98 valence electrons. The molecule has 1 fully saturated rings. The standard InChI is InChI=1S/C15H20BrNO/c1-15(9-3-2-4-10-15)11-17-14(18)12-5-7-13(16)8-6-12/h5-8H,2-4,9-11H2,1H3,(H,17,18). The predicted octanol–water partition coefficient (Wildman–Crippen LogP) is 4.15. The van der Waals surface area contributed by atoms with Crippen molar-refractivity contribution in [3.8, 4) is 0 Å². The van der Waals surface area contributed by atoms with Gasteiger partial charge < -0.3 is 5.32 Å². The SMILES string of the molecule is CC1(CNC(=O)c2ccc(Br)cc2)CCCCC1. The molecule has 0 atom stereocenters. The molecular weight excluding hydrogens is 290 g/mol. The van der Waals surface area contributed by atoms with Crippen LogP contribution in [0, 0.1) is 5.41 Å². The predicted molar refractivity (Wildman–Crippen MR) is 77.7 cm³/mol. The van der Waals surface area contributed by atoms with Gasteiger partial charge in [-0.25, -0.2) is 0 Å². The van der Waals surface area contributed by atoms with Crippen LogP contribution in [0.15, 0.2) is 28.7 Å². The first-order chi connectivity index (χ1) is 8.59. The van der Waals surface area contributed by atoms with Gasteiger partial charge in [-0.2, -0.15) is 0 Å². The van der Waals surface area contributed by atoms with Gasteiger partial charge in [0.1, 0.15) is 0 Å². The van der Waals surface area contributed by atoms with E-state index in [0.29, 0.717) is 5.41 Å². The van der Waals surface area contributed by atoms with Gasteiger partial charge in [-0.1, -0.05) is 42.1 Å². The quantitative estimate of drug-likeness (QED) is 0.893. The zero-order valence-electron chi connectivity index (χ0n) is 10.8. The van der Waals surface area contributed by atoms with E-state index < -0.39 is 0 Å². The highest BCUT2D eigenvalue weighted by molar-refractivity contribution is 9.10. The molecule has 1 aliphatic carbocycles. The Bertz CT molecular complexity index is 407. The lowest BCUT2D eigenvalue weighted by molar-refractivity contribution is 0.0919. The van der Waals surface area contributed by atoms with Gasteiger partial charge >= 0.3 is 0 Å². The van der Waals surface area contributed by atoms with Gasteiger partial charge in [0.15, 0.2) is 0 Å². The Balaban J connectivity index is 1.89. The monoisotopic (exact) mass is 309 g/mol. The Kier molecular flexibility index (Phi) is 4.44. The number of hydrogen-bond acceptors (Lipinski definition) is 1. The molecule has 1 amide bonds. The van der Waals surface area contributed by atoms with Crippen LogP contribution >= 0.6 is 15.9 Å². The van der Waals surface area contributed by atoms with Crippen molar-refractivity contribution in [1.82, 2.24) is 5.32 Å². The van der Waals surface area contributed by atoms with Crippen LogP contribution in [0.2, 0.25) is 0 Å². The molecular formula is C15H20BrNO. The van der Waals surface area contributed by atoms with E-state index in [1.807, 2.05) is 24.3 Å². The molecule has 1 aromatic carbocycles. The number of halogens is 1. The number of hydrogen-bond donors (Lipinski definition) is 1. The molecule has 0 unspecified atom stereocenters. The Morgan fingerprint density at radius 1 is 1.22 bits per heavy atom. The van der Waals surface area contributed by atoms with Gasteiger partial charge in [0.25, 0.3) is 5.91 Å². The maximum absolute atomic E-state index is 12.0. The van der Waals surface area contributed by atoms with E-state index in [-0.39, 0.29) is 5.91 Å². The van der Waals surface area contributed by atoms with Crippen LogP contribution < -0.4 is 5.32 Å². The molecule has 0 bridgehead atoms. The Hall–Kier alpha value is -0.830. The van der Waals surface area contributed by atoms with Gasteiger partial charge in [-0.05, 0) is 42.5 Å². The van der Waals surface area contributed by atoms with Crippen LogP contribution in [-0.2, 0) is 0 Å². The Morgan fingerprint density at radius 2 is 1.83 bits per heavy atom. The number of nitrogens with one attached hydrogen (secondary N) is 1. The summed E-state index contributed by atoms with van der Waals surface area (Å²) in [5.41, 5.74) is 1.03. The summed E-state index contributed by atoms with van der Waals surface area (Å²) in [7, 11) is 0. The van der Waals surface area contributed by atoms with Crippen molar-refractivity contribution in [3.05, 3.63) is 34.3 Å². The lowest BCUT2D eigenvalue weighted by Gasteiger charge is -2.33. The van der Waals surface area contributed by atoms with Crippen LogP contribution in [0.3, 0.4) is 0 Å². The molecule has 0 aliphatic heterocycles. The molecule has 2 rings (SSSR count). The number of benzene rings is 1. The fourth-order valence-corrected chi connectivity index (χ4v) is 2.84. The third kappa shape index (κ3) is 3.58. The summed E-state index contributed by atoms with van der Waals surface area (Å²) >= 11 is 3.37. The summed E-state index contributed by atoms with van der Waals surface area (Å²) in [5, 5.41) is 3.07. The minimum Gasteiger partial charge on any atom is -0.351 e. The molecule has 0 radical (unpaired) electrons. The van der Waals surface area contributed by atoms with E-state index in [0.717, 1.165) is 16.6 Å². The zero-order valence-corrected chi connectivity index (χ0v) is 12.4. The van der Waals surface area contributed by atoms with E-state index in [1.165, 1.54) is 32.1 Å². The molecule has 2 nitrogen and oxygen atoms in total. The van der Waals surface area contributed by atoms with Crippen LogP contribution in [0.4, 0.5) is 0 Å². The highest BCUT2D eigenvalue weighted by Crippen LogP contribution is 2.34. The third-order valence-corrected chi connectivity index (χ3v) is 4.37. The third-order valence-electron chi connectivity index (χ3n) is 3.84. The molecule has 0 heterocycles. The van der Waals surface area contributed by atoms with Crippen molar-refractivity contribution in [2.75, 3.05) is 6.54 Å². The second-order valence-corrected chi connectivity index (χ2v) is 6.48. The molecule has 0 spiro atoms. The maximum Gasteiger partial charge on any atom is 0.251 e. The van der Waals surface area contributed by atoms with E-state index in [4.69, 9.17) is 0 Å². The summed E-state index contributed by atoms with van der Waals surface area (Å²) in [6, 6.07) is 7.50. The first-order valence-corrected chi connectivity index (χ1v) is 7.42. The van der Waals surface area contributed by atoms with Gasteiger partial charge in [0.2, 0.25) is 0 Å². The summed E-state index contributed by atoms with van der Waals surface area (Å²) < 4.78 is 0.998. The van der Waals surface area contributed by atoms with E-state index in [2.05, 4.69) is 28.2 Å². The second kappa shape index (κ2) is 5.87. The first kappa shape index (κ1) is 13.6. The van der Waals surface area contributed by atoms with E-state index in [9.17, 15) is 4.79 Å². The van der Waals surface area contributed by atoms with Gasteiger partial charge in [-0.3, -0.25) is 4.79 Å². The number of carbonyl (C=O) groups excluding carboxylic acids is 1. The number of amides is 1. The molecule has 3 heteroatoms. The molecule has 1 aliphatic rings. The summed E-state index contributed by atoms with van der Waals surface area (Å²) in [6.07, 6.45) is 6.40. The number of rotatable bonds is 3. The Labute approximate surface area is 117 Å². The lowest BCUT2D eigenvalue weighted by atomic mass is 9.76. The van der Waals surface area contributed by atoms with E-state index >= 15 is 0 Å². The van der Waals surface area contributed by atoms with Crippen LogP contribution in [-0.4, -0.2) is 12.5 Å². The molecule has 1 N–H and O–H groups in total. The average Bonchev–Trinajstić information content (AvgIpc) is 2.38. The zero-order chi connectivity index (χ0) is 13.0. The second-order valence-electron chi connectivity index (χ2n) is 5.56. The smallest absolute Gasteiger partial charge is 0.251 e. The topological polar surface area (TPSA) is 29.1 Å². The largest absolute Gasteiger partial charge is 0.351 e. The fourth-order valence-electron chi connectivity index (χ4n) is 2.58. The maximum atomic E-state index is 12.0. The molecule has 0 aromatic heterocycles. The highest BCUT2D eigenvalue weighted by Gasteiger charge is 2.27. The van der Waals surface area contributed by atoms with Crippen molar-refractivity contribution in [1.29, 1.82) is 0 Å². The fraction of sp³-hybridized carbons (Fsp3) is 0.533. The minimum atomic E-state index is 0.0364. The van der Waals surface area contributed by atoms with E-state index in [1.54, 1.807) is 0 Å². The van der Waals surface area contributed by atoms with Crippen LogP contribution in [0.25, 0.3) is 0 Å². The van der Waals surface area contributed by atoms with Crippen molar-refractivity contribution in [2.45, 2.75) is 39.0 Å². The summed E-state index contributed by atoms with van der Waals surface area (Å²) in [5.74, 6) is 0.0364. The molecule has 0 saturated heterocycles. The van der Waals surface area contributed by atoms with Crippen molar-refractivity contribution < 1.29 is 4.79 Å². The summed E-state index contributed by atoms with van der Waals surface area (Å²) in [6.45, 7) is 3.08. The van der Waals surface area contributed by atoms with Crippen molar-refractivity contribution in [3.63, 3.8) is 0 Å².